The van der Waals surface area contributed by atoms with Crippen LogP contribution in [0.5, 0.6) is 5.75 Å². The van der Waals surface area contributed by atoms with E-state index in [2.05, 4.69) is 4.90 Å². The summed E-state index contributed by atoms with van der Waals surface area (Å²) in [6.45, 7) is 5.63. The van der Waals surface area contributed by atoms with E-state index >= 15 is 0 Å². The van der Waals surface area contributed by atoms with Crippen molar-refractivity contribution in [3.8, 4) is 5.75 Å². The van der Waals surface area contributed by atoms with Crippen molar-refractivity contribution >= 4 is 11.8 Å². The average molecular weight is 279 g/mol. The van der Waals surface area contributed by atoms with E-state index in [4.69, 9.17) is 10.5 Å². The molecule has 1 aromatic carbocycles. The lowest BCUT2D eigenvalue weighted by Gasteiger charge is -2.34. The number of hydrogen-bond donors (Lipinski definition) is 2. The average Bonchev–Trinajstić information content (AvgIpc) is 2.44. The lowest BCUT2D eigenvalue weighted by Crippen LogP contribution is -2.48. The lowest BCUT2D eigenvalue weighted by atomic mass is 10.1. The van der Waals surface area contributed by atoms with Crippen LogP contribution in [0.1, 0.15) is 12.5 Å². The number of anilines is 1. The van der Waals surface area contributed by atoms with Gasteiger partial charge in [0, 0.05) is 44.0 Å². The van der Waals surface area contributed by atoms with E-state index in [1.54, 1.807) is 30.0 Å². The summed E-state index contributed by atoms with van der Waals surface area (Å²) in [6.07, 6.45) is -0.251. The van der Waals surface area contributed by atoms with Crippen LogP contribution in [-0.4, -0.2) is 53.8 Å². The molecule has 0 aliphatic carbocycles. The smallest absolute Gasteiger partial charge is 0.409 e. The fourth-order valence-electron chi connectivity index (χ4n) is 2.28. The summed E-state index contributed by atoms with van der Waals surface area (Å²) in [4.78, 5) is 15.5. The second-order valence-corrected chi connectivity index (χ2v) is 4.85. The monoisotopic (exact) mass is 279 g/mol. The molecular formula is C14H21N3O3. The fraction of sp³-hybridized carbons (Fsp3) is 0.500. The number of ether oxygens (including phenoxy) is 1. The number of nitrogens with two attached hydrogens (primary N) is 1. The molecule has 6 heteroatoms. The molecule has 2 rings (SSSR count). The van der Waals surface area contributed by atoms with Crippen molar-refractivity contribution in [3.05, 3.63) is 23.8 Å². The van der Waals surface area contributed by atoms with E-state index in [9.17, 15) is 9.90 Å². The number of carbonyl (C=O) groups excluding carboxylic acids is 1. The SMILES string of the molecule is CCOC(=O)N1CCN(Cc2cc(N)ccc2O)CC1. The number of hydrogen-bond acceptors (Lipinski definition) is 5. The van der Waals surface area contributed by atoms with Crippen LogP contribution < -0.4 is 5.73 Å². The Hall–Kier alpha value is -1.95. The molecule has 0 unspecified atom stereocenters. The number of nitrogen functional groups attached to an aromatic ring is 1. The molecule has 1 saturated heterocycles. The maximum atomic E-state index is 11.6. The van der Waals surface area contributed by atoms with Gasteiger partial charge in [0.2, 0.25) is 0 Å². The predicted molar refractivity (Wildman–Crippen MR) is 76.4 cm³/mol. The van der Waals surface area contributed by atoms with Crippen LogP contribution in [0.4, 0.5) is 10.5 Å². The minimum absolute atomic E-state index is 0.251. The summed E-state index contributed by atoms with van der Waals surface area (Å²) in [6, 6.07) is 5.07. The minimum Gasteiger partial charge on any atom is -0.508 e. The summed E-state index contributed by atoms with van der Waals surface area (Å²) in [7, 11) is 0. The molecule has 1 heterocycles. The van der Waals surface area contributed by atoms with Gasteiger partial charge in [-0.25, -0.2) is 4.79 Å². The van der Waals surface area contributed by atoms with Gasteiger partial charge in [0.25, 0.3) is 0 Å². The molecule has 1 aliphatic rings. The maximum Gasteiger partial charge on any atom is 0.409 e. The molecule has 0 spiro atoms. The molecule has 0 bridgehead atoms. The highest BCUT2D eigenvalue weighted by molar-refractivity contribution is 5.67. The van der Waals surface area contributed by atoms with E-state index in [0.717, 1.165) is 18.7 Å². The normalized spacial score (nSPS) is 16.1. The second kappa shape index (κ2) is 6.47. The highest BCUT2D eigenvalue weighted by Gasteiger charge is 2.22. The number of amides is 1. The van der Waals surface area contributed by atoms with Crippen LogP contribution in [0.25, 0.3) is 0 Å². The molecule has 0 radical (unpaired) electrons. The number of carbonyl (C=O) groups is 1. The number of phenols is 1. The molecule has 1 amide bonds. The van der Waals surface area contributed by atoms with E-state index < -0.39 is 0 Å². The highest BCUT2D eigenvalue weighted by atomic mass is 16.6. The second-order valence-electron chi connectivity index (χ2n) is 4.85. The third kappa shape index (κ3) is 3.54. The van der Waals surface area contributed by atoms with E-state index in [-0.39, 0.29) is 11.8 Å². The molecule has 0 atom stereocenters. The zero-order valence-corrected chi connectivity index (χ0v) is 11.7. The van der Waals surface area contributed by atoms with Crippen molar-refractivity contribution < 1.29 is 14.6 Å². The van der Waals surface area contributed by atoms with E-state index in [1.165, 1.54) is 0 Å². The first-order chi connectivity index (χ1) is 9.60. The molecule has 110 valence electrons. The third-order valence-corrected chi connectivity index (χ3v) is 3.40. The summed E-state index contributed by atoms with van der Waals surface area (Å²) < 4.78 is 4.98. The van der Waals surface area contributed by atoms with Crippen molar-refractivity contribution in [2.75, 3.05) is 38.5 Å². The van der Waals surface area contributed by atoms with Crippen LogP contribution in [0.15, 0.2) is 18.2 Å². The Labute approximate surface area is 118 Å². The van der Waals surface area contributed by atoms with Gasteiger partial charge in [-0.1, -0.05) is 0 Å². The van der Waals surface area contributed by atoms with Crippen molar-refractivity contribution in [2.45, 2.75) is 13.5 Å². The Morgan fingerprint density at radius 3 is 2.70 bits per heavy atom. The molecule has 1 aliphatic heterocycles. The molecule has 0 saturated carbocycles. The summed E-state index contributed by atoms with van der Waals surface area (Å²) in [5.74, 6) is 0.257. The van der Waals surface area contributed by atoms with Crippen LogP contribution in [0, 0.1) is 0 Å². The Morgan fingerprint density at radius 2 is 2.05 bits per heavy atom. The number of nitrogens with zero attached hydrogens (tertiary/aromatic N) is 2. The number of phenolic OH excluding ortho intramolecular Hbond substituents is 1. The Morgan fingerprint density at radius 1 is 1.35 bits per heavy atom. The zero-order chi connectivity index (χ0) is 14.5. The first kappa shape index (κ1) is 14.5. The van der Waals surface area contributed by atoms with Crippen molar-refractivity contribution in [1.82, 2.24) is 9.80 Å². The number of piperazine rings is 1. The summed E-state index contributed by atoms with van der Waals surface area (Å²) in [5, 5.41) is 9.81. The molecule has 1 aromatic rings. The van der Waals surface area contributed by atoms with E-state index in [1.807, 2.05) is 0 Å². The van der Waals surface area contributed by atoms with Gasteiger partial charge in [0.05, 0.1) is 6.61 Å². The maximum absolute atomic E-state index is 11.6. The van der Waals surface area contributed by atoms with Crippen LogP contribution in [0.3, 0.4) is 0 Å². The van der Waals surface area contributed by atoms with Gasteiger partial charge in [-0.15, -0.1) is 0 Å². The Balaban J connectivity index is 1.88. The van der Waals surface area contributed by atoms with Gasteiger partial charge in [0.15, 0.2) is 0 Å². The summed E-state index contributed by atoms with van der Waals surface area (Å²) >= 11 is 0. The molecular weight excluding hydrogens is 258 g/mol. The zero-order valence-electron chi connectivity index (χ0n) is 11.7. The number of aromatic hydroxyl groups is 1. The van der Waals surface area contributed by atoms with Crippen molar-refractivity contribution in [1.29, 1.82) is 0 Å². The Kier molecular flexibility index (Phi) is 4.68. The molecule has 1 fully saturated rings. The Bertz CT molecular complexity index is 471. The molecule has 20 heavy (non-hydrogen) atoms. The molecule has 3 N–H and O–H groups in total. The van der Waals surface area contributed by atoms with Gasteiger partial charge in [0.1, 0.15) is 5.75 Å². The van der Waals surface area contributed by atoms with Gasteiger partial charge in [-0.2, -0.15) is 0 Å². The third-order valence-electron chi connectivity index (χ3n) is 3.40. The molecule has 0 aromatic heterocycles. The van der Waals surface area contributed by atoms with Gasteiger partial charge < -0.3 is 20.5 Å². The number of rotatable bonds is 3. The van der Waals surface area contributed by atoms with Crippen LogP contribution >= 0.6 is 0 Å². The van der Waals surface area contributed by atoms with Crippen molar-refractivity contribution in [2.24, 2.45) is 0 Å². The number of benzene rings is 1. The first-order valence-electron chi connectivity index (χ1n) is 6.81. The molecule has 6 nitrogen and oxygen atoms in total. The minimum atomic E-state index is -0.251. The topological polar surface area (TPSA) is 79.0 Å². The van der Waals surface area contributed by atoms with Gasteiger partial charge in [-0.3, -0.25) is 4.90 Å². The van der Waals surface area contributed by atoms with Crippen LogP contribution in [-0.2, 0) is 11.3 Å². The first-order valence-corrected chi connectivity index (χ1v) is 6.81. The predicted octanol–water partition coefficient (Wildman–Crippen LogP) is 1.25. The van der Waals surface area contributed by atoms with Gasteiger partial charge in [-0.05, 0) is 25.1 Å². The quantitative estimate of drug-likeness (QED) is 0.643. The van der Waals surface area contributed by atoms with E-state index in [0.29, 0.717) is 31.9 Å². The van der Waals surface area contributed by atoms with Crippen molar-refractivity contribution in [3.63, 3.8) is 0 Å². The largest absolute Gasteiger partial charge is 0.508 e. The van der Waals surface area contributed by atoms with Crippen LogP contribution in [0.2, 0.25) is 0 Å². The highest BCUT2D eigenvalue weighted by Crippen LogP contribution is 2.22. The van der Waals surface area contributed by atoms with Gasteiger partial charge >= 0.3 is 6.09 Å². The fourth-order valence-corrected chi connectivity index (χ4v) is 2.28. The summed E-state index contributed by atoms with van der Waals surface area (Å²) in [5.41, 5.74) is 7.18. The standard InChI is InChI=1S/C14H21N3O3/c1-2-20-14(19)17-7-5-16(6-8-17)10-11-9-12(15)3-4-13(11)18/h3-4,9,18H,2,5-8,10,15H2,1H3. The lowest BCUT2D eigenvalue weighted by molar-refractivity contribution is 0.0776.